The van der Waals surface area contributed by atoms with Gasteiger partial charge in [-0.2, -0.15) is 11.3 Å². The van der Waals surface area contributed by atoms with E-state index in [0.717, 1.165) is 5.56 Å². The van der Waals surface area contributed by atoms with Crippen molar-refractivity contribution in [1.29, 1.82) is 0 Å². The van der Waals surface area contributed by atoms with Crippen LogP contribution >= 0.6 is 11.3 Å². The number of carbonyl (C=O) groups is 2. The molecular weight excluding hydrogens is 254 g/mol. The van der Waals surface area contributed by atoms with Crippen molar-refractivity contribution in [3.63, 3.8) is 0 Å². The van der Waals surface area contributed by atoms with Gasteiger partial charge in [-0.25, -0.2) is 4.79 Å². The third-order valence-corrected chi connectivity index (χ3v) is 3.67. The van der Waals surface area contributed by atoms with Crippen molar-refractivity contribution in [1.82, 2.24) is 4.90 Å². The lowest BCUT2D eigenvalue weighted by atomic mass is 10.1. The van der Waals surface area contributed by atoms with Crippen molar-refractivity contribution >= 4 is 23.2 Å². The lowest BCUT2D eigenvalue weighted by Gasteiger charge is -2.32. The molecule has 1 aromatic rings. The van der Waals surface area contributed by atoms with Crippen molar-refractivity contribution in [3.8, 4) is 0 Å². The van der Waals surface area contributed by atoms with E-state index in [1.807, 2.05) is 16.8 Å². The van der Waals surface area contributed by atoms with Crippen molar-refractivity contribution in [2.75, 3.05) is 19.8 Å². The topological polar surface area (TPSA) is 66.8 Å². The lowest BCUT2D eigenvalue weighted by molar-refractivity contribution is -0.158. The average molecular weight is 269 g/mol. The van der Waals surface area contributed by atoms with Crippen LogP contribution in [-0.2, 0) is 20.7 Å². The highest BCUT2D eigenvalue weighted by molar-refractivity contribution is 7.07. The van der Waals surface area contributed by atoms with Crippen molar-refractivity contribution in [2.24, 2.45) is 0 Å². The molecule has 0 unspecified atom stereocenters. The van der Waals surface area contributed by atoms with Gasteiger partial charge in [0.2, 0.25) is 5.91 Å². The summed E-state index contributed by atoms with van der Waals surface area (Å²) in [4.78, 5) is 24.5. The highest BCUT2D eigenvalue weighted by atomic mass is 32.1. The maximum atomic E-state index is 12.0. The Labute approximate surface area is 109 Å². The number of ether oxygens (including phenoxy) is 1. The molecule has 0 aromatic carbocycles. The van der Waals surface area contributed by atoms with Gasteiger partial charge in [-0.05, 0) is 28.8 Å². The molecule has 1 fully saturated rings. The first-order valence-electron chi connectivity index (χ1n) is 5.79. The number of amides is 1. The molecular formula is C12H15NO4S. The van der Waals surface area contributed by atoms with Gasteiger partial charge in [0.05, 0.1) is 13.2 Å². The fourth-order valence-corrected chi connectivity index (χ4v) is 2.64. The van der Waals surface area contributed by atoms with E-state index >= 15 is 0 Å². The summed E-state index contributed by atoms with van der Waals surface area (Å²) in [6, 6.07) is 1.14. The van der Waals surface area contributed by atoms with Crippen molar-refractivity contribution in [3.05, 3.63) is 22.4 Å². The standard InChI is InChI=1S/C12H15NO4S/c14-11(2-1-9-3-6-18-8-9)13-4-5-17-7-10(13)12(15)16/h3,6,8,10H,1-2,4-5,7H2,(H,15,16)/t10-/m0/s1. The molecule has 0 radical (unpaired) electrons. The molecule has 2 heterocycles. The number of aryl methyl sites for hydroxylation is 1. The van der Waals surface area contributed by atoms with Crippen LogP contribution in [0.2, 0.25) is 0 Å². The first-order chi connectivity index (χ1) is 8.68. The number of carboxylic acid groups (broad SMARTS) is 1. The molecule has 0 bridgehead atoms. The minimum absolute atomic E-state index is 0.0829. The van der Waals surface area contributed by atoms with Crippen LogP contribution in [0.5, 0.6) is 0 Å². The number of rotatable bonds is 4. The number of hydrogen-bond donors (Lipinski definition) is 1. The summed E-state index contributed by atoms with van der Waals surface area (Å²) in [5.74, 6) is -1.12. The smallest absolute Gasteiger partial charge is 0.328 e. The average Bonchev–Trinajstić information content (AvgIpc) is 2.89. The molecule has 1 N–H and O–H groups in total. The van der Waals surface area contributed by atoms with Crippen LogP contribution in [0.3, 0.4) is 0 Å². The Morgan fingerprint density at radius 2 is 2.39 bits per heavy atom. The number of nitrogens with zero attached hydrogens (tertiary/aromatic N) is 1. The summed E-state index contributed by atoms with van der Waals surface area (Å²) in [7, 11) is 0. The number of morpholine rings is 1. The quantitative estimate of drug-likeness (QED) is 0.885. The van der Waals surface area contributed by atoms with Gasteiger partial charge in [0.15, 0.2) is 6.04 Å². The Hall–Kier alpha value is -1.40. The molecule has 1 aliphatic rings. The summed E-state index contributed by atoms with van der Waals surface area (Å²) in [5, 5.41) is 13.0. The first-order valence-corrected chi connectivity index (χ1v) is 6.74. The molecule has 1 amide bonds. The van der Waals surface area contributed by atoms with Gasteiger partial charge in [0.1, 0.15) is 0 Å². The molecule has 18 heavy (non-hydrogen) atoms. The van der Waals surface area contributed by atoms with E-state index < -0.39 is 12.0 Å². The number of aliphatic carboxylic acids is 1. The van der Waals surface area contributed by atoms with Gasteiger partial charge in [0, 0.05) is 13.0 Å². The number of hydrogen-bond acceptors (Lipinski definition) is 4. The van der Waals surface area contributed by atoms with Crippen LogP contribution in [0.4, 0.5) is 0 Å². The third-order valence-electron chi connectivity index (χ3n) is 2.94. The predicted octanol–water partition coefficient (Wildman–Crippen LogP) is 0.993. The highest BCUT2D eigenvalue weighted by Crippen LogP contribution is 2.13. The van der Waals surface area contributed by atoms with E-state index in [1.165, 1.54) is 4.90 Å². The van der Waals surface area contributed by atoms with Crippen LogP contribution < -0.4 is 0 Å². The molecule has 0 aliphatic carbocycles. The first kappa shape index (κ1) is 13.0. The van der Waals surface area contributed by atoms with E-state index in [0.29, 0.717) is 26.0 Å². The molecule has 1 aliphatic heterocycles. The Morgan fingerprint density at radius 3 is 3.06 bits per heavy atom. The van der Waals surface area contributed by atoms with Crippen LogP contribution in [0, 0.1) is 0 Å². The molecule has 5 nitrogen and oxygen atoms in total. The molecule has 0 spiro atoms. The molecule has 0 saturated carbocycles. The maximum Gasteiger partial charge on any atom is 0.328 e. The van der Waals surface area contributed by atoms with Gasteiger partial charge < -0.3 is 14.7 Å². The Balaban J connectivity index is 1.92. The van der Waals surface area contributed by atoms with Gasteiger partial charge >= 0.3 is 5.97 Å². The zero-order valence-electron chi connectivity index (χ0n) is 9.87. The second-order valence-corrected chi connectivity index (χ2v) is 4.93. The summed E-state index contributed by atoms with van der Waals surface area (Å²) in [6.07, 6.45) is 1.01. The van der Waals surface area contributed by atoms with Crippen LogP contribution in [-0.4, -0.2) is 47.7 Å². The Morgan fingerprint density at radius 1 is 1.56 bits per heavy atom. The van der Waals surface area contributed by atoms with E-state index in [-0.39, 0.29) is 12.5 Å². The van der Waals surface area contributed by atoms with E-state index in [4.69, 9.17) is 9.84 Å². The van der Waals surface area contributed by atoms with Gasteiger partial charge in [-0.1, -0.05) is 0 Å². The summed E-state index contributed by atoms with van der Waals surface area (Å²) < 4.78 is 5.10. The minimum atomic E-state index is -1.00. The number of thiophene rings is 1. The van der Waals surface area contributed by atoms with E-state index in [9.17, 15) is 9.59 Å². The number of carboxylic acids is 1. The summed E-state index contributed by atoms with van der Waals surface area (Å²) >= 11 is 1.59. The lowest BCUT2D eigenvalue weighted by Crippen LogP contribution is -2.52. The highest BCUT2D eigenvalue weighted by Gasteiger charge is 2.32. The Bertz CT molecular complexity index is 418. The molecule has 2 rings (SSSR count). The third kappa shape index (κ3) is 3.08. The fourth-order valence-electron chi connectivity index (χ4n) is 1.94. The van der Waals surface area contributed by atoms with E-state index in [2.05, 4.69) is 0 Å². The number of carbonyl (C=O) groups excluding carboxylic acids is 1. The largest absolute Gasteiger partial charge is 0.480 e. The Kier molecular flexibility index (Phi) is 4.33. The van der Waals surface area contributed by atoms with Crippen LogP contribution in [0.15, 0.2) is 16.8 Å². The molecule has 1 atom stereocenters. The van der Waals surface area contributed by atoms with Gasteiger partial charge in [0.25, 0.3) is 0 Å². The van der Waals surface area contributed by atoms with Gasteiger partial charge in [-0.3, -0.25) is 4.79 Å². The minimum Gasteiger partial charge on any atom is -0.480 e. The van der Waals surface area contributed by atoms with Crippen molar-refractivity contribution in [2.45, 2.75) is 18.9 Å². The molecule has 1 saturated heterocycles. The summed E-state index contributed by atoms with van der Waals surface area (Å²) in [5.41, 5.74) is 1.12. The maximum absolute atomic E-state index is 12.0. The zero-order valence-corrected chi connectivity index (χ0v) is 10.7. The molecule has 6 heteroatoms. The fraction of sp³-hybridized carbons (Fsp3) is 0.500. The second-order valence-electron chi connectivity index (χ2n) is 4.15. The van der Waals surface area contributed by atoms with Gasteiger partial charge in [-0.15, -0.1) is 0 Å². The molecule has 98 valence electrons. The molecule has 1 aromatic heterocycles. The SMILES string of the molecule is O=C(O)[C@@H]1COCCN1C(=O)CCc1ccsc1. The predicted molar refractivity (Wildman–Crippen MR) is 66.6 cm³/mol. The second kappa shape index (κ2) is 5.97. The zero-order chi connectivity index (χ0) is 13.0. The van der Waals surface area contributed by atoms with Crippen LogP contribution in [0.1, 0.15) is 12.0 Å². The van der Waals surface area contributed by atoms with E-state index in [1.54, 1.807) is 11.3 Å². The monoisotopic (exact) mass is 269 g/mol. The van der Waals surface area contributed by atoms with Crippen molar-refractivity contribution < 1.29 is 19.4 Å². The summed E-state index contributed by atoms with van der Waals surface area (Å²) in [6.45, 7) is 0.854. The van der Waals surface area contributed by atoms with Crippen LogP contribution in [0.25, 0.3) is 0 Å². The normalized spacial score (nSPS) is 19.8.